The van der Waals surface area contributed by atoms with Crippen molar-refractivity contribution in [3.8, 4) is 0 Å². The van der Waals surface area contributed by atoms with Gasteiger partial charge in [0.1, 0.15) is 25.9 Å². The van der Waals surface area contributed by atoms with Crippen LogP contribution in [0.15, 0.2) is 0 Å². The number of Topliss-reactive ketones (excluding diaryl/α,β-unsaturated/α-hetero) is 1. The fourth-order valence-electron chi connectivity index (χ4n) is 5.89. The van der Waals surface area contributed by atoms with Crippen molar-refractivity contribution in [3.63, 3.8) is 0 Å². The maximum atomic E-state index is 12.3. The van der Waals surface area contributed by atoms with E-state index in [0.717, 1.165) is 51.4 Å². The van der Waals surface area contributed by atoms with Crippen LogP contribution in [0, 0.1) is 0 Å². The monoisotopic (exact) mass is 862 g/mol. The van der Waals surface area contributed by atoms with Crippen LogP contribution in [0.3, 0.4) is 0 Å². The number of carbonyl (C=O) groups excluding carboxylic acids is 5. The van der Waals surface area contributed by atoms with Crippen LogP contribution >= 0.6 is 0 Å². The van der Waals surface area contributed by atoms with Gasteiger partial charge in [0.2, 0.25) is 23.6 Å². The molecule has 8 N–H and O–H groups in total. The zero-order chi connectivity index (χ0) is 44.5. The van der Waals surface area contributed by atoms with Crippen molar-refractivity contribution in [2.45, 2.75) is 134 Å². The average molecular weight is 862 g/mol. The van der Waals surface area contributed by atoms with E-state index in [-0.39, 0.29) is 127 Å². The molecule has 0 saturated carbocycles. The molecule has 0 saturated heterocycles. The van der Waals surface area contributed by atoms with Crippen LogP contribution < -0.4 is 26.6 Å². The summed E-state index contributed by atoms with van der Waals surface area (Å²) in [6.07, 6.45) is 14.7. The second-order valence-electron chi connectivity index (χ2n) is 14.5. The summed E-state index contributed by atoms with van der Waals surface area (Å²) < 4.78 is 21.3. The molecule has 19 nitrogen and oxygen atoms in total. The first-order valence-electron chi connectivity index (χ1n) is 21.7. The van der Waals surface area contributed by atoms with Crippen LogP contribution in [-0.4, -0.2) is 155 Å². The molecule has 0 aliphatic heterocycles. The van der Waals surface area contributed by atoms with Crippen molar-refractivity contribution < 1.29 is 67.8 Å². The maximum Gasteiger partial charge on any atom is 0.326 e. The SMILES string of the molecule is CN[C@@H](CCCCNC(=O)COCCOCCNC(=O)COCCOCCNC(=O)CCC(NC(=O)CCCCCCCCCCCCCCC(=O)O)C(=O)O)C(=O)CO. The normalized spacial score (nSPS) is 12.0. The lowest BCUT2D eigenvalue weighted by molar-refractivity contribution is -0.142. The Morgan fingerprint density at radius 3 is 1.42 bits per heavy atom. The molecule has 0 aromatic carbocycles. The quantitative estimate of drug-likeness (QED) is 0.0404. The molecule has 19 heteroatoms. The summed E-state index contributed by atoms with van der Waals surface area (Å²) in [6, 6.07) is -1.54. The highest BCUT2D eigenvalue weighted by Crippen LogP contribution is 2.13. The van der Waals surface area contributed by atoms with Crippen LogP contribution in [0.25, 0.3) is 0 Å². The second-order valence-corrected chi connectivity index (χ2v) is 14.5. The molecule has 0 fully saturated rings. The summed E-state index contributed by atoms with van der Waals surface area (Å²) in [5.74, 6) is -3.47. The lowest BCUT2D eigenvalue weighted by Gasteiger charge is -2.14. The van der Waals surface area contributed by atoms with Gasteiger partial charge < -0.3 is 60.9 Å². The van der Waals surface area contributed by atoms with Crippen LogP contribution in [0.1, 0.15) is 122 Å². The highest BCUT2D eigenvalue weighted by atomic mass is 16.5. The number of rotatable bonds is 44. The molecule has 0 spiro atoms. The predicted octanol–water partition coefficient (Wildman–Crippen LogP) is 1.62. The van der Waals surface area contributed by atoms with Gasteiger partial charge in [-0.05, 0) is 45.6 Å². The van der Waals surface area contributed by atoms with Gasteiger partial charge in [0.25, 0.3) is 0 Å². The summed E-state index contributed by atoms with van der Waals surface area (Å²) in [7, 11) is 1.66. The van der Waals surface area contributed by atoms with Crippen molar-refractivity contribution in [1.29, 1.82) is 0 Å². The van der Waals surface area contributed by atoms with Gasteiger partial charge >= 0.3 is 11.9 Å². The number of aliphatic carboxylic acids is 2. The van der Waals surface area contributed by atoms with Gasteiger partial charge in [0.15, 0.2) is 5.78 Å². The number of likely N-dealkylation sites (N-methyl/N-ethyl adjacent to an activating group) is 1. The number of carboxylic acids is 2. The van der Waals surface area contributed by atoms with E-state index >= 15 is 0 Å². The molecule has 0 aliphatic carbocycles. The summed E-state index contributed by atoms with van der Waals surface area (Å²) in [5.41, 5.74) is 0. The van der Waals surface area contributed by atoms with Crippen LogP contribution in [-0.2, 0) is 52.5 Å². The largest absolute Gasteiger partial charge is 0.481 e. The van der Waals surface area contributed by atoms with E-state index in [2.05, 4.69) is 26.6 Å². The van der Waals surface area contributed by atoms with E-state index in [1.165, 1.54) is 19.3 Å². The summed E-state index contributed by atoms with van der Waals surface area (Å²) in [4.78, 5) is 81.9. The predicted molar refractivity (Wildman–Crippen MR) is 222 cm³/mol. The minimum atomic E-state index is -1.19. The van der Waals surface area contributed by atoms with Crippen molar-refractivity contribution in [1.82, 2.24) is 26.6 Å². The molecule has 348 valence electrons. The number of hydrogen-bond acceptors (Lipinski definition) is 13. The van der Waals surface area contributed by atoms with Gasteiger partial charge in [-0.1, -0.05) is 64.2 Å². The molecular weight excluding hydrogens is 786 g/mol. The Morgan fingerprint density at radius 1 is 0.467 bits per heavy atom. The van der Waals surface area contributed by atoms with Gasteiger partial charge in [0, 0.05) is 38.9 Å². The molecule has 0 aliphatic rings. The van der Waals surface area contributed by atoms with Crippen molar-refractivity contribution in [2.75, 3.05) is 86.1 Å². The van der Waals surface area contributed by atoms with Gasteiger partial charge in [0.05, 0.1) is 45.7 Å². The number of amides is 4. The van der Waals surface area contributed by atoms with Crippen LogP contribution in [0.4, 0.5) is 0 Å². The number of aliphatic hydroxyl groups is 1. The van der Waals surface area contributed by atoms with Crippen molar-refractivity contribution in [3.05, 3.63) is 0 Å². The van der Waals surface area contributed by atoms with Gasteiger partial charge in [-0.15, -0.1) is 0 Å². The number of carbonyl (C=O) groups is 7. The fraction of sp³-hybridized carbons (Fsp3) is 0.829. The van der Waals surface area contributed by atoms with Crippen molar-refractivity contribution in [2.24, 2.45) is 0 Å². The molecule has 0 bridgehead atoms. The van der Waals surface area contributed by atoms with E-state index in [9.17, 15) is 38.7 Å². The standard InChI is InChI=1S/C41H75N5O14/c1-42-33(35(48)30-47)16-14-15-21-43-38(51)31-59-28-27-58-25-23-45-39(52)32-60-29-26-57-24-22-44-36(49)20-19-34(41(55)56)46-37(50)17-12-10-8-6-4-2-3-5-7-9-11-13-18-40(53)54/h33-34,42,47H,2-32H2,1H3,(H,43,51)(H,44,49)(H,45,52)(H,46,50)(H,53,54)(H,55,56)/t33-,34?/m0/s1. The number of ketones is 1. The minimum absolute atomic E-state index is 0.0346. The van der Waals surface area contributed by atoms with E-state index in [1.807, 2.05) is 0 Å². The first-order valence-corrected chi connectivity index (χ1v) is 21.7. The Morgan fingerprint density at radius 2 is 0.933 bits per heavy atom. The Kier molecular flexibility index (Phi) is 38.1. The molecule has 0 rings (SSSR count). The highest BCUT2D eigenvalue weighted by molar-refractivity contribution is 5.85. The molecule has 0 heterocycles. The Hall–Kier alpha value is -3.75. The second kappa shape index (κ2) is 40.6. The van der Waals surface area contributed by atoms with E-state index < -0.39 is 24.6 Å². The third kappa shape index (κ3) is 37.3. The Labute approximate surface area is 355 Å². The molecule has 0 aromatic heterocycles. The molecule has 2 atom stereocenters. The fourth-order valence-corrected chi connectivity index (χ4v) is 5.89. The number of carboxylic acid groups (broad SMARTS) is 2. The third-order valence-corrected chi connectivity index (χ3v) is 9.32. The molecule has 0 aromatic rings. The number of nitrogens with one attached hydrogen (secondary N) is 5. The molecule has 4 amide bonds. The van der Waals surface area contributed by atoms with Crippen LogP contribution in [0.2, 0.25) is 0 Å². The van der Waals surface area contributed by atoms with Gasteiger partial charge in [-0.2, -0.15) is 0 Å². The van der Waals surface area contributed by atoms with E-state index in [4.69, 9.17) is 29.2 Å². The molecule has 1 unspecified atom stereocenters. The van der Waals surface area contributed by atoms with Gasteiger partial charge in [-0.25, -0.2) is 4.79 Å². The lowest BCUT2D eigenvalue weighted by atomic mass is 10.0. The smallest absolute Gasteiger partial charge is 0.326 e. The number of ether oxygens (including phenoxy) is 4. The zero-order valence-corrected chi connectivity index (χ0v) is 35.9. The number of unbranched alkanes of at least 4 members (excludes halogenated alkanes) is 12. The van der Waals surface area contributed by atoms with Gasteiger partial charge in [-0.3, -0.25) is 28.8 Å². The number of hydrogen-bond donors (Lipinski definition) is 8. The summed E-state index contributed by atoms with van der Waals surface area (Å²) in [6.45, 7) is 1.40. The first-order chi connectivity index (χ1) is 29.0. The Bertz CT molecular complexity index is 1180. The third-order valence-electron chi connectivity index (χ3n) is 9.32. The summed E-state index contributed by atoms with van der Waals surface area (Å²) in [5, 5.41) is 40.5. The lowest BCUT2D eigenvalue weighted by Crippen LogP contribution is -2.41. The van der Waals surface area contributed by atoms with E-state index in [0.29, 0.717) is 32.2 Å². The molecule has 0 radical (unpaired) electrons. The topological polar surface area (TPSA) is 277 Å². The first kappa shape index (κ1) is 56.2. The average Bonchev–Trinajstić information content (AvgIpc) is 3.22. The highest BCUT2D eigenvalue weighted by Gasteiger charge is 2.21. The minimum Gasteiger partial charge on any atom is -0.481 e. The van der Waals surface area contributed by atoms with Crippen molar-refractivity contribution >= 4 is 41.4 Å². The molecular formula is C41H75N5O14. The maximum absolute atomic E-state index is 12.3. The molecule has 60 heavy (non-hydrogen) atoms. The summed E-state index contributed by atoms with van der Waals surface area (Å²) >= 11 is 0. The Balaban J connectivity index is 3.67. The zero-order valence-electron chi connectivity index (χ0n) is 35.9. The van der Waals surface area contributed by atoms with Crippen LogP contribution in [0.5, 0.6) is 0 Å². The van der Waals surface area contributed by atoms with E-state index in [1.54, 1.807) is 7.05 Å². The number of aliphatic hydroxyl groups excluding tert-OH is 1.